The average Bonchev–Trinajstić information content (AvgIpc) is 2.49. The van der Waals surface area contributed by atoms with Crippen molar-refractivity contribution in [1.29, 1.82) is 0 Å². The molecule has 1 unspecified atom stereocenters. The number of anilines is 1. The molecule has 1 nitrogen and oxygen atoms in total. The molecule has 1 atom stereocenters. The van der Waals surface area contributed by atoms with Crippen LogP contribution in [0.2, 0.25) is 0 Å². The lowest BCUT2D eigenvalue weighted by Gasteiger charge is -2.47. The second kappa shape index (κ2) is 5.08. The van der Waals surface area contributed by atoms with Crippen molar-refractivity contribution in [3.8, 4) is 0 Å². The highest BCUT2D eigenvalue weighted by atomic mass is 15.2. The van der Waals surface area contributed by atoms with Gasteiger partial charge in [-0.25, -0.2) is 0 Å². The Morgan fingerprint density at radius 3 is 2.16 bits per heavy atom. The maximum Gasteiger partial charge on any atom is 0.0625 e. The molecule has 1 aliphatic rings. The molecular formula is C18H21N. The third-order valence-electron chi connectivity index (χ3n) is 4.35. The van der Waals surface area contributed by atoms with Gasteiger partial charge in [-0.1, -0.05) is 48.5 Å². The molecule has 0 spiro atoms. The van der Waals surface area contributed by atoms with E-state index in [1.54, 1.807) is 0 Å². The molecule has 3 rings (SSSR count). The second-order valence-corrected chi connectivity index (χ2v) is 5.58. The summed E-state index contributed by atoms with van der Waals surface area (Å²) in [6.45, 7) is 3.53. The minimum atomic E-state index is 0.126. The Morgan fingerprint density at radius 1 is 0.842 bits per heavy atom. The van der Waals surface area contributed by atoms with E-state index in [4.69, 9.17) is 0 Å². The van der Waals surface area contributed by atoms with Crippen LogP contribution in [-0.4, -0.2) is 6.54 Å². The topological polar surface area (TPSA) is 3.24 Å². The van der Waals surface area contributed by atoms with Crippen LogP contribution in [0.3, 0.4) is 0 Å². The maximum atomic E-state index is 2.58. The van der Waals surface area contributed by atoms with Gasteiger partial charge in [-0.2, -0.15) is 0 Å². The van der Waals surface area contributed by atoms with Gasteiger partial charge in [0.1, 0.15) is 0 Å². The summed E-state index contributed by atoms with van der Waals surface area (Å²) in [6.07, 6.45) is 3.83. The summed E-state index contributed by atoms with van der Waals surface area (Å²) in [5.74, 6) is 0. The number of nitrogens with zero attached hydrogens (tertiary/aromatic N) is 1. The summed E-state index contributed by atoms with van der Waals surface area (Å²) < 4.78 is 0. The van der Waals surface area contributed by atoms with Gasteiger partial charge >= 0.3 is 0 Å². The quantitative estimate of drug-likeness (QED) is 0.754. The summed E-state index contributed by atoms with van der Waals surface area (Å²) in [5.41, 5.74) is 2.90. The molecule has 0 radical (unpaired) electrons. The highest BCUT2D eigenvalue weighted by Crippen LogP contribution is 2.40. The van der Waals surface area contributed by atoms with Gasteiger partial charge in [-0.3, -0.25) is 0 Å². The fraction of sp³-hybridized carbons (Fsp3) is 0.333. The first kappa shape index (κ1) is 12.3. The molecule has 2 aromatic rings. The molecule has 0 aromatic heterocycles. The summed E-state index contributed by atoms with van der Waals surface area (Å²) in [7, 11) is 0. The summed E-state index contributed by atoms with van der Waals surface area (Å²) in [6, 6.07) is 21.7. The lowest BCUT2D eigenvalue weighted by molar-refractivity contribution is 0.342. The van der Waals surface area contributed by atoms with Crippen molar-refractivity contribution in [1.82, 2.24) is 0 Å². The Balaban J connectivity index is 2.02. The molecule has 0 saturated carbocycles. The van der Waals surface area contributed by atoms with Crippen molar-refractivity contribution in [2.45, 2.75) is 31.7 Å². The monoisotopic (exact) mass is 251 g/mol. The van der Waals surface area contributed by atoms with E-state index in [1.165, 1.54) is 30.5 Å². The van der Waals surface area contributed by atoms with E-state index in [0.29, 0.717) is 0 Å². The Bertz CT molecular complexity index is 520. The number of para-hydroxylation sites is 1. The highest BCUT2D eigenvalue weighted by molar-refractivity contribution is 5.51. The predicted octanol–water partition coefficient (Wildman–Crippen LogP) is 4.59. The van der Waals surface area contributed by atoms with E-state index in [1.807, 2.05) is 0 Å². The SMILES string of the molecule is CC1(c2ccccc2)CCCCN1c1ccccc1. The molecule has 19 heavy (non-hydrogen) atoms. The first-order valence-corrected chi connectivity index (χ1v) is 7.19. The first-order chi connectivity index (χ1) is 9.31. The van der Waals surface area contributed by atoms with E-state index < -0.39 is 0 Å². The zero-order valence-corrected chi connectivity index (χ0v) is 11.5. The van der Waals surface area contributed by atoms with Crippen LogP contribution in [-0.2, 0) is 5.54 Å². The maximum absolute atomic E-state index is 2.58. The van der Waals surface area contributed by atoms with Gasteiger partial charge in [-0.15, -0.1) is 0 Å². The fourth-order valence-electron chi connectivity index (χ4n) is 3.24. The van der Waals surface area contributed by atoms with Crippen molar-refractivity contribution in [3.05, 3.63) is 66.2 Å². The number of hydrogen-bond acceptors (Lipinski definition) is 1. The van der Waals surface area contributed by atoms with Crippen LogP contribution in [0.1, 0.15) is 31.7 Å². The lowest BCUT2D eigenvalue weighted by atomic mass is 9.81. The molecule has 1 saturated heterocycles. The average molecular weight is 251 g/mol. The molecule has 0 bridgehead atoms. The van der Waals surface area contributed by atoms with Crippen molar-refractivity contribution < 1.29 is 0 Å². The molecule has 1 heterocycles. The van der Waals surface area contributed by atoms with Crippen LogP contribution in [0, 0.1) is 0 Å². The molecule has 0 aliphatic carbocycles. The Labute approximate surface area is 115 Å². The Kier molecular flexibility index (Phi) is 3.29. The molecule has 0 N–H and O–H groups in total. The van der Waals surface area contributed by atoms with Crippen LogP contribution in [0.4, 0.5) is 5.69 Å². The Morgan fingerprint density at radius 2 is 1.47 bits per heavy atom. The van der Waals surface area contributed by atoms with E-state index in [0.717, 1.165) is 6.54 Å². The standard InChI is InChI=1S/C18H21N/c1-18(16-10-4-2-5-11-16)14-8-9-15-19(18)17-12-6-3-7-13-17/h2-7,10-13H,8-9,14-15H2,1H3. The van der Waals surface area contributed by atoms with Crippen LogP contribution in [0.25, 0.3) is 0 Å². The van der Waals surface area contributed by atoms with Gasteiger partial charge in [0, 0.05) is 12.2 Å². The fourth-order valence-corrected chi connectivity index (χ4v) is 3.24. The van der Waals surface area contributed by atoms with Crippen LogP contribution in [0.15, 0.2) is 60.7 Å². The lowest BCUT2D eigenvalue weighted by Crippen LogP contribution is -2.47. The van der Waals surface area contributed by atoms with Crippen LogP contribution in [0.5, 0.6) is 0 Å². The highest BCUT2D eigenvalue weighted by Gasteiger charge is 2.35. The van der Waals surface area contributed by atoms with Gasteiger partial charge in [0.25, 0.3) is 0 Å². The Hall–Kier alpha value is -1.76. The molecule has 1 heteroatoms. The van der Waals surface area contributed by atoms with Crippen molar-refractivity contribution in [2.75, 3.05) is 11.4 Å². The minimum Gasteiger partial charge on any atom is -0.362 e. The van der Waals surface area contributed by atoms with E-state index in [-0.39, 0.29) is 5.54 Å². The smallest absolute Gasteiger partial charge is 0.0625 e. The molecule has 1 fully saturated rings. The van der Waals surface area contributed by atoms with E-state index in [9.17, 15) is 0 Å². The molecule has 2 aromatic carbocycles. The van der Waals surface area contributed by atoms with Gasteiger partial charge in [0.15, 0.2) is 0 Å². The largest absolute Gasteiger partial charge is 0.362 e. The third-order valence-corrected chi connectivity index (χ3v) is 4.35. The number of benzene rings is 2. The van der Waals surface area contributed by atoms with Gasteiger partial charge in [0.05, 0.1) is 5.54 Å². The van der Waals surface area contributed by atoms with Crippen molar-refractivity contribution in [2.24, 2.45) is 0 Å². The van der Waals surface area contributed by atoms with Crippen molar-refractivity contribution >= 4 is 5.69 Å². The second-order valence-electron chi connectivity index (χ2n) is 5.58. The van der Waals surface area contributed by atoms with Crippen LogP contribution >= 0.6 is 0 Å². The summed E-state index contributed by atoms with van der Waals surface area (Å²) in [5, 5.41) is 0. The number of rotatable bonds is 2. The zero-order valence-electron chi connectivity index (χ0n) is 11.5. The van der Waals surface area contributed by atoms with Gasteiger partial charge in [-0.05, 0) is 43.9 Å². The van der Waals surface area contributed by atoms with Gasteiger partial charge in [0.2, 0.25) is 0 Å². The van der Waals surface area contributed by atoms with Gasteiger partial charge < -0.3 is 4.90 Å². The van der Waals surface area contributed by atoms with Crippen molar-refractivity contribution in [3.63, 3.8) is 0 Å². The minimum absolute atomic E-state index is 0.126. The number of hydrogen-bond donors (Lipinski definition) is 0. The molecule has 98 valence electrons. The van der Waals surface area contributed by atoms with Crippen LogP contribution < -0.4 is 4.90 Å². The third kappa shape index (κ3) is 2.25. The zero-order chi connectivity index (χ0) is 13.1. The van der Waals surface area contributed by atoms with E-state index in [2.05, 4.69) is 72.5 Å². The summed E-state index contributed by atoms with van der Waals surface area (Å²) in [4.78, 5) is 2.58. The van der Waals surface area contributed by atoms with E-state index >= 15 is 0 Å². The normalized spacial score (nSPS) is 23.3. The molecular weight excluding hydrogens is 230 g/mol. The molecule has 0 amide bonds. The predicted molar refractivity (Wildman–Crippen MR) is 81.4 cm³/mol. The first-order valence-electron chi connectivity index (χ1n) is 7.19. The number of piperidine rings is 1. The molecule has 1 aliphatic heterocycles. The summed E-state index contributed by atoms with van der Waals surface area (Å²) >= 11 is 0.